The molecule has 1 aromatic heterocycles. The Balaban J connectivity index is 2.51. The fourth-order valence-corrected chi connectivity index (χ4v) is 2.91. The molecule has 2 N–H and O–H groups in total. The summed E-state index contributed by atoms with van der Waals surface area (Å²) >= 11 is 2.77. The van der Waals surface area contributed by atoms with Crippen LogP contribution in [0.2, 0.25) is 1.41 Å². The van der Waals surface area contributed by atoms with Crippen LogP contribution in [0.4, 0.5) is 4.39 Å². The molecule has 6 heteroatoms. The van der Waals surface area contributed by atoms with Crippen LogP contribution in [-0.2, 0) is 0 Å². The van der Waals surface area contributed by atoms with E-state index in [2.05, 4.69) is 4.98 Å². The number of thioether (sulfide) groups is 1. The molecule has 0 fully saturated rings. The average Bonchev–Trinajstić information content (AvgIpc) is 2.83. The highest BCUT2D eigenvalue weighted by atomic mass is 32.2. The largest absolute Gasteiger partial charge is 0.364 e. The van der Waals surface area contributed by atoms with E-state index in [1.807, 2.05) is 12.0 Å². The lowest BCUT2D eigenvalue weighted by molar-refractivity contribution is 0.0996. The van der Waals surface area contributed by atoms with Gasteiger partial charge in [0, 0.05) is 0 Å². The van der Waals surface area contributed by atoms with Crippen LogP contribution < -0.4 is 5.73 Å². The Morgan fingerprint density at radius 2 is 2.24 bits per heavy atom. The van der Waals surface area contributed by atoms with Crippen LogP contribution in [0.5, 0.6) is 0 Å². The summed E-state index contributed by atoms with van der Waals surface area (Å²) in [6.07, 6.45) is 1.86. The standard InChI is InChI=1S/C11H9FN2OS2/c1-16-11-14-8(10(13)15)9(17-11)6-2-4-7(12)5-3-6/h2-5H,1H3,(H2,13,15)/i/hD. The fraction of sp³-hybridized carbons (Fsp3) is 0.0909. The fourth-order valence-electron chi connectivity index (χ4n) is 1.34. The predicted octanol–water partition coefficient (Wildman–Crippen LogP) is 2.77. The van der Waals surface area contributed by atoms with Gasteiger partial charge in [-0.2, -0.15) is 0 Å². The van der Waals surface area contributed by atoms with Gasteiger partial charge < -0.3 is 5.73 Å². The molecule has 0 unspecified atom stereocenters. The van der Waals surface area contributed by atoms with E-state index in [-0.39, 0.29) is 11.5 Å². The quantitative estimate of drug-likeness (QED) is 0.872. The molecule has 1 amide bonds. The predicted molar refractivity (Wildman–Crippen MR) is 67.8 cm³/mol. The zero-order chi connectivity index (χ0) is 13.1. The Bertz CT molecular complexity index is 571. The van der Waals surface area contributed by atoms with E-state index in [1.165, 1.54) is 35.2 Å². The number of nitrogens with zero attached hydrogens (tertiary/aromatic N) is 1. The molecule has 1 heterocycles. The lowest BCUT2D eigenvalue weighted by Gasteiger charge is -1.98. The van der Waals surface area contributed by atoms with Gasteiger partial charge >= 0.3 is 0 Å². The van der Waals surface area contributed by atoms with Gasteiger partial charge in [-0.05, 0) is 24.0 Å². The molecule has 3 nitrogen and oxygen atoms in total. The van der Waals surface area contributed by atoms with Crippen LogP contribution in [0, 0.1) is 5.82 Å². The smallest absolute Gasteiger partial charge is 0.268 e. The van der Waals surface area contributed by atoms with Crippen molar-refractivity contribution in [1.82, 2.24) is 4.98 Å². The molecule has 0 spiro atoms. The molecule has 0 aliphatic rings. The summed E-state index contributed by atoms with van der Waals surface area (Å²) in [5.74, 6) is -0.897. The van der Waals surface area contributed by atoms with Gasteiger partial charge in [0.05, 0.1) is 4.88 Å². The number of halogens is 1. The summed E-state index contributed by atoms with van der Waals surface area (Å²) in [5.41, 5.74) is 2.73. The molecule has 2 aromatic rings. The molecular formula is C11H9FN2OS2. The van der Waals surface area contributed by atoms with E-state index in [4.69, 9.17) is 1.41 Å². The number of benzene rings is 1. The summed E-state index contributed by atoms with van der Waals surface area (Å²) in [5, 5.41) is 0. The van der Waals surface area contributed by atoms with E-state index in [0.29, 0.717) is 10.4 Å². The second kappa shape index (κ2) is 4.85. The first-order chi connectivity index (χ1) is 8.65. The van der Waals surface area contributed by atoms with Crippen LogP contribution >= 0.6 is 23.1 Å². The van der Waals surface area contributed by atoms with Gasteiger partial charge in [-0.1, -0.05) is 23.9 Å². The summed E-state index contributed by atoms with van der Waals surface area (Å²) in [4.78, 5) is 16.4. The van der Waals surface area contributed by atoms with Crippen molar-refractivity contribution >= 4 is 29.0 Å². The Morgan fingerprint density at radius 3 is 2.82 bits per heavy atom. The topological polar surface area (TPSA) is 56.0 Å². The third kappa shape index (κ3) is 2.48. The van der Waals surface area contributed by atoms with Gasteiger partial charge in [0.15, 0.2) is 5.75 Å². The number of rotatable bonds is 3. The molecular weight excluding hydrogens is 259 g/mol. The van der Waals surface area contributed by atoms with Crippen molar-refractivity contribution in [3.8, 4) is 10.4 Å². The number of carbonyl (C=O) groups is 1. The zero-order valence-electron chi connectivity index (χ0n) is 9.86. The number of thiazole rings is 1. The van der Waals surface area contributed by atoms with E-state index in [0.717, 1.165) is 4.34 Å². The maximum absolute atomic E-state index is 12.9. The van der Waals surface area contributed by atoms with Crippen LogP contribution in [-0.4, -0.2) is 17.1 Å². The highest BCUT2D eigenvalue weighted by Crippen LogP contribution is 2.34. The second-order valence-electron chi connectivity index (χ2n) is 3.20. The Kier molecular flexibility index (Phi) is 3.06. The van der Waals surface area contributed by atoms with Crippen LogP contribution in [0.3, 0.4) is 0 Å². The molecule has 17 heavy (non-hydrogen) atoms. The normalized spacial score (nSPS) is 11.1. The maximum Gasteiger partial charge on any atom is 0.268 e. The molecule has 0 atom stereocenters. The van der Waals surface area contributed by atoms with E-state index < -0.39 is 5.91 Å². The number of aromatic nitrogens is 1. The minimum atomic E-state index is -0.564. The Hall–Kier alpha value is -1.40. The van der Waals surface area contributed by atoms with Crippen molar-refractivity contribution < 1.29 is 10.6 Å². The van der Waals surface area contributed by atoms with Gasteiger partial charge in [-0.3, -0.25) is 4.79 Å². The minimum absolute atomic E-state index is 0.200. The molecule has 0 radical (unpaired) electrons. The zero-order valence-corrected chi connectivity index (χ0v) is 10.5. The molecule has 0 saturated heterocycles. The second-order valence-corrected chi connectivity index (χ2v) is 5.25. The SMILES string of the molecule is [2H]NC(=O)c1nc(SC)sc1-c1ccc(F)cc1. The molecule has 0 aliphatic carbocycles. The van der Waals surface area contributed by atoms with E-state index in [1.54, 1.807) is 12.1 Å². The molecule has 0 saturated carbocycles. The average molecular weight is 269 g/mol. The van der Waals surface area contributed by atoms with Crippen molar-refractivity contribution in [1.29, 1.82) is 0 Å². The number of amides is 1. The first kappa shape index (κ1) is 10.7. The van der Waals surface area contributed by atoms with Crippen molar-refractivity contribution in [3.05, 3.63) is 35.8 Å². The van der Waals surface area contributed by atoms with Gasteiger partial charge in [0.2, 0.25) is 0 Å². The molecule has 88 valence electrons. The first-order valence-corrected chi connectivity index (χ1v) is 6.72. The van der Waals surface area contributed by atoms with Crippen LogP contribution in [0.15, 0.2) is 28.6 Å². The van der Waals surface area contributed by atoms with Crippen molar-refractivity contribution in [2.45, 2.75) is 4.34 Å². The highest BCUT2D eigenvalue weighted by Gasteiger charge is 2.16. The van der Waals surface area contributed by atoms with Crippen LogP contribution in [0.1, 0.15) is 10.5 Å². The van der Waals surface area contributed by atoms with E-state index >= 15 is 0 Å². The monoisotopic (exact) mass is 269 g/mol. The number of carbonyl (C=O) groups excluding carboxylic acids is 1. The Labute approximate surface area is 107 Å². The molecule has 1 aromatic carbocycles. The number of hydrogen-bond donors (Lipinski definition) is 1. The van der Waals surface area contributed by atoms with E-state index in [9.17, 15) is 9.18 Å². The number of hydrogen-bond acceptors (Lipinski definition) is 4. The summed E-state index contributed by atoms with van der Waals surface area (Å²) < 4.78 is 20.5. The van der Waals surface area contributed by atoms with Crippen LogP contribution in [0.25, 0.3) is 10.4 Å². The number of nitrogens with two attached hydrogens (primary N) is 1. The van der Waals surface area contributed by atoms with Gasteiger partial charge in [0.25, 0.3) is 5.91 Å². The van der Waals surface area contributed by atoms with Gasteiger partial charge in [-0.15, -0.1) is 11.3 Å². The summed E-state index contributed by atoms with van der Waals surface area (Å²) in [7, 11) is 0. The first-order valence-electron chi connectivity index (χ1n) is 5.18. The molecule has 2 rings (SSSR count). The maximum atomic E-state index is 12.9. The Morgan fingerprint density at radius 1 is 1.53 bits per heavy atom. The van der Waals surface area contributed by atoms with Crippen molar-refractivity contribution in [2.24, 2.45) is 5.73 Å². The molecule has 0 aliphatic heterocycles. The third-order valence-electron chi connectivity index (χ3n) is 2.10. The lowest BCUT2D eigenvalue weighted by Crippen LogP contribution is -2.12. The van der Waals surface area contributed by atoms with Crippen molar-refractivity contribution in [2.75, 3.05) is 6.26 Å². The van der Waals surface area contributed by atoms with Gasteiger partial charge in [-0.25, -0.2) is 9.37 Å². The van der Waals surface area contributed by atoms with Crippen molar-refractivity contribution in [3.63, 3.8) is 0 Å². The highest BCUT2D eigenvalue weighted by molar-refractivity contribution is 8.00. The molecule has 0 bridgehead atoms. The third-order valence-corrected chi connectivity index (χ3v) is 4.19. The van der Waals surface area contributed by atoms with Gasteiger partial charge in [0.1, 0.15) is 11.5 Å². The summed E-state index contributed by atoms with van der Waals surface area (Å²) in [6.45, 7) is 0. The summed E-state index contributed by atoms with van der Waals surface area (Å²) in [6, 6.07) is 5.84. The number of primary amides is 1. The lowest BCUT2D eigenvalue weighted by atomic mass is 10.1. The minimum Gasteiger partial charge on any atom is -0.364 e.